The summed E-state index contributed by atoms with van der Waals surface area (Å²) in [6, 6.07) is 5.66. The van der Waals surface area contributed by atoms with Gasteiger partial charge in [0.25, 0.3) is 5.91 Å². The molecular weight excluding hydrogens is 373 g/mol. The number of halogens is 2. The molecule has 0 unspecified atom stereocenters. The highest BCUT2D eigenvalue weighted by molar-refractivity contribution is 7.80. The number of H-pyrrole nitrogens is 1. The van der Waals surface area contributed by atoms with Crippen LogP contribution in [0, 0.1) is 0 Å². The Morgan fingerprint density at radius 2 is 2.12 bits per heavy atom. The lowest BCUT2D eigenvalue weighted by atomic mass is 10.1. The van der Waals surface area contributed by atoms with Crippen LogP contribution < -0.4 is 5.32 Å². The molecule has 2 N–H and O–H groups in total. The molecule has 2 aromatic rings. The molecule has 2 rings (SSSR count). The average Bonchev–Trinajstić information content (AvgIpc) is 3.02. The summed E-state index contributed by atoms with van der Waals surface area (Å²) in [6.45, 7) is 1.91. The van der Waals surface area contributed by atoms with Crippen LogP contribution in [0.1, 0.15) is 17.4 Å². The number of hydrogen-bond acceptors (Lipinski definition) is 5. The maximum atomic E-state index is 12.2. The number of thiol groups is 1. The predicted octanol–water partition coefficient (Wildman–Crippen LogP) is 2.97. The van der Waals surface area contributed by atoms with Gasteiger partial charge in [-0.2, -0.15) is 17.7 Å². The topological polar surface area (TPSA) is 84.1 Å². The van der Waals surface area contributed by atoms with Gasteiger partial charge in [-0.1, -0.05) is 23.2 Å². The minimum absolute atomic E-state index is 0.120. The fourth-order valence-electron chi connectivity index (χ4n) is 1.93. The molecule has 0 radical (unpaired) electrons. The van der Waals surface area contributed by atoms with E-state index < -0.39 is 17.9 Å². The summed E-state index contributed by atoms with van der Waals surface area (Å²) in [5.74, 6) is -0.915. The van der Waals surface area contributed by atoms with E-state index in [-0.39, 0.29) is 18.1 Å². The summed E-state index contributed by atoms with van der Waals surface area (Å²) >= 11 is 16.0. The number of aromatic amines is 1. The molecule has 0 aliphatic rings. The highest BCUT2D eigenvalue weighted by Gasteiger charge is 2.22. The Kier molecular flexibility index (Phi) is 6.53. The number of nitrogens with one attached hydrogen (secondary N) is 2. The van der Waals surface area contributed by atoms with Gasteiger partial charge < -0.3 is 10.1 Å². The van der Waals surface area contributed by atoms with Crippen LogP contribution in [0.2, 0.25) is 10.0 Å². The number of carbonyl (C=O) groups excluding carboxylic acids is 2. The number of nitrogens with zero attached hydrogens (tertiary/aromatic N) is 1. The molecule has 1 heterocycles. The Morgan fingerprint density at radius 1 is 1.38 bits per heavy atom. The minimum atomic E-state index is -0.841. The highest BCUT2D eigenvalue weighted by atomic mass is 35.5. The average molecular weight is 388 g/mol. The smallest absolute Gasteiger partial charge is 0.329 e. The lowest BCUT2D eigenvalue weighted by molar-refractivity contribution is -0.144. The van der Waals surface area contributed by atoms with E-state index in [0.717, 1.165) is 0 Å². The van der Waals surface area contributed by atoms with Crippen molar-refractivity contribution < 1.29 is 14.3 Å². The van der Waals surface area contributed by atoms with Crippen molar-refractivity contribution in [2.24, 2.45) is 0 Å². The van der Waals surface area contributed by atoms with Gasteiger partial charge in [-0.05, 0) is 31.2 Å². The van der Waals surface area contributed by atoms with Gasteiger partial charge in [0.15, 0.2) is 0 Å². The SMILES string of the molecule is CCOC(=O)[C@H](CS)NC(=O)c1cc(-c2ccc(Cl)cc2Cl)n[nH]1. The van der Waals surface area contributed by atoms with Crippen molar-refractivity contribution in [1.29, 1.82) is 0 Å². The van der Waals surface area contributed by atoms with Crippen LogP contribution in [0.5, 0.6) is 0 Å². The monoisotopic (exact) mass is 387 g/mol. The molecule has 0 bridgehead atoms. The molecule has 0 aliphatic carbocycles. The van der Waals surface area contributed by atoms with E-state index in [1.807, 2.05) is 0 Å². The van der Waals surface area contributed by atoms with Crippen molar-refractivity contribution in [3.8, 4) is 11.3 Å². The van der Waals surface area contributed by atoms with Gasteiger partial charge in [-0.15, -0.1) is 0 Å². The van der Waals surface area contributed by atoms with Gasteiger partial charge in [0.2, 0.25) is 0 Å². The number of aromatic nitrogens is 2. The number of benzene rings is 1. The summed E-state index contributed by atoms with van der Waals surface area (Å²) in [6.07, 6.45) is 0. The summed E-state index contributed by atoms with van der Waals surface area (Å²) in [4.78, 5) is 23.9. The fourth-order valence-corrected chi connectivity index (χ4v) is 2.68. The first kappa shape index (κ1) is 18.6. The minimum Gasteiger partial charge on any atom is -0.464 e. The van der Waals surface area contributed by atoms with E-state index in [1.54, 1.807) is 25.1 Å². The van der Waals surface area contributed by atoms with Crippen LogP contribution in [-0.2, 0) is 9.53 Å². The van der Waals surface area contributed by atoms with E-state index in [4.69, 9.17) is 27.9 Å². The van der Waals surface area contributed by atoms with Crippen molar-refractivity contribution in [3.63, 3.8) is 0 Å². The second-order valence-corrected chi connectivity index (χ2v) is 5.96. The molecule has 1 amide bonds. The van der Waals surface area contributed by atoms with Crippen LogP contribution in [0.4, 0.5) is 0 Å². The number of ether oxygens (including phenoxy) is 1. The lowest BCUT2D eigenvalue weighted by Gasteiger charge is -2.14. The zero-order chi connectivity index (χ0) is 17.7. The van der Waals surface area contributed by atoms with Crippen molar-refractivity contribution in [3.05, 3.63) is 40.0 Å². The van der Waals surface area contributed by atoms with Crippen LogP contribution in [0.25, 0.3) is 11.3 Å². The molecule has 0 spiro atoms. The Balaban J connectivity index is 2.14. The Labute approximate surface area is 154 Å². The first-order valence-corrected chi connectivity index (χ1v) is 8.44. The van der Waals surface area contributed by atoms with Gasteiger partial charge >= 0.3 is 5.97 Å². The van der Waals surface area contributed by atoms with Crippen LogP contribution in [-0.4, -0.2) is 40.5 Å². The fraction of sp³-hybridized carbons (Fsp3) is 0.267. The first-order valence-electron chi connectivity index (χ1n) is 7.05. The van der Waals surface area contributed by atoms with Gasteiger partial charge in [0.05, 0.1) is 17.3 Å². The molecule has 6 nitrogen and oxygen atoms in total. The van der Waals surface area contributed by atoms with Crippen LogP contribution >= 0.6 is 35.8 Å². The second kappa shape index (κ2) is 8.41. The van der Waals surface area contributed by atoms with Crippen molar-refractivity contribution in [2.75, 3.05) is 12.4 Å². The third-order valence-electron chi connectivity index (χ3n) is 3.09. The highest BCUT2D eigenvalue weighted by Crippen LogP contribution is 2.29. The maximum Gasteiger partial charge on any atom is 0.329 e. The quantitative estimate of drug-likeness (QED) is 0.525. The van der Waals surface area contributed by atoms with Gasteiger partial charge in [-0.25, -0.2) is 4.79 Å². The standard InChI is InChI=1S/C15H15Cl2N3O3S/c1-2-23-15(22)13(7-24)18-14(21)12-6-11(19-20-12)9-4-3-8(16)5-10(9)17/h3-6,13,24H,2,7H2,1H3,(H,18,21)(H,19,20)/t13-/m0/s1. The van der Waals surface area contributed by atoms with Gasteiger partial charge in [0, 0.05) is 16.3 Å². The zero-order valence-corrected chi connectivity index (χ0v) is 15.1. The Hall–Kier alpha value is -1.70. The molecule has 128 valence electrons. The van der Waals surface area contributed by atoms with Crippen molar-refractivity contribution >= 4 is 47.7 Å². The summed E-state index contributed by atoms with van der Waals surface area (Å²) < 4.78 is 4.87. The molecule has 9 heteroatoms. The number of esters is 1. The van der Waals surface area contributed by atoms with Crippen molar-refractivity contribution in [1.82, 2.24) is 15.5 Å². The van der Waals surface area contributed by atoms with E-state index in [2.05, 4.69) is 28.1 Å². The number of rotatable bonds is 6. The third-order valence-corrected chi connectivity index (χ3v) is 4.00. The number of amides is 1. The summed E-state index contributed by atoms with van der Waals surface area (Å²) in [7, 11) is 0. The zero-order valence-electron chi connectivity index (χ0n) is 12.7. The van der Waals surface area contributed by atoms with Crippen LogP contribution in [0.15, 0.2) is 24.3 Å². The second-order valence-electron chi connectivity index (χ2n) is 4.75. The van der Waals surface area contributed by atoms with E-state index in [0.29, 0.717) is 21.3 Å². The van der Waals surface area contributed by atoms with Gasteiger partial charge in [0.1, 0.15) is 11.7 Å². The van der Waals surface area contributed by atoms with E-state index in [1.165, 1.54) is 6.07 Å². The van der Waals surface area contributed by atoms with Crippen molar-refractivity contribution in [2.45, 2.75) is 13.0 Å². The van der Waals surface area contributed by atoms with Crippen LogP contribution in [0.3, 0.4) is 0 Å². The molecule has 1 aromatic heterocycles. The van der Waals surface area contributed by atoms with E-state index >= 15 is 0 Å². The number of hydrogen-bond donors (Lipinski definition) is 3. The predicted molar refractivity (Wildman–Crippen MR) is 95.8 cm³/mol. The third kappa shape index (κ3) is 4.43. The largest absolute Gasteiger partial charge is 0.464 e. The first-order chi connectivity index (χ1) is 11.5. The Bertz CT molecular complexity index is 751. The molecule has 24 heavy (non-hydrogen) atoms. The summed E-state index contributed by atoms with van der Waals surface area (Å²) in [5, 5.41) is 10.1. The molecule has 1 aromatic carbocycles. The summed E-state index contributed by atoms with van der Waals surface area (Å²) in [5.41, 5.74) is 1.31. The molecule has 0 saturated heterocycles. The molecule has 0 saturated carbocycles. The molecule has 1 atom stereocenters. The van der Waals surface area contributed by atoms with E-state index in [9.17, 15) is 9.59 Å². The maximum absolute atomic E-state index is 12.2. The lowest BCUT2D eigenvalue weighted by Crippen LogP contribution is -2.43. The molecular formula is C15H15Cl2N3O3S. The molecule has 0 aliphatic heterocycles. The normalized spacial score (nSPS) is 11.8. The van der Waals surface area contributed by atoms with Gasteiger partial charge in [-0.3, -0.25) is 9.89 Å². The number of carbonyl (C=O) groups is 2. The molecule has 0 fully saturated rings. The Morgan fingerprint density at radius 3 is 2.75 bits per heavy atom.